The Kier molecular flexibility index (Phi) is 7.18. The highest BCUT2D eigenvalue weighted by atomic mass is 32.2. The number of nitrogens with zero attached hydrogens (tertiary/aromatic N) is 2. The Morgan fingerprint density at radius 2 is 1.72 bits per heavy atom. The lowest BCUT2D eigenvalue weighted by Crippen LogP contribution is -2.24. The van der Waals surface area contributed by atoms with E-state index in [1.807, 2.05) is 30.3 Å². The Hall–Kier alpha value is -3.39. The number of thioether (sulfide) groups is 1. The Bertz CT molecular complexity index is 965. The summed E-state index contributed by atoms with van der Waals surface area (Å²) in [6.45, 7) is 0.388. The van der Waals surface area contributed by atoms with Gasteiger partial charge in [0.25, 0.3) is 5.91 Å². The predicted molar refractivity (Wildman–Crippen MR) is 112 cm³/mol. The van der Waals surface area contributed by atoms with E-state index in [1.165, 1.54) is 11.8 Å². The van der Waals surface area contributed by atoms with Crippen molar-refractivity contribution in [3.8, 4) is 5.75 Å². The van der Waals surface area contributed by atoms with Crippen LogP contribution in [0.25, 0.3) is 0 Å². The summed E-state index contributed by atoms with van der Waals surface area (Å²) in [6, 6.07) is 19.8. The minimum atomic E-state index is -0.254. The van der Waals surface area contributed by atoms with E-state index in [0.717, 1.165) is 11.3 Å². The van der Waals surface area contributed by atoms with Crippen LogP contribution in [0.3, 0.4) is 0 Å². The summed E-state index contributed by atoms with van der Waals surface area (Å²) >= 11 is 1.27. The highest BCUT2D eigenvalue weighted by molar-refractivity contribution is 7.99. The van der Waals surface area contributed by atoms with Gasteiger partial charge in [0.2, 0.25) is 5.91 Å². The third-order valence-corrected chi connectivity index (χ3v) is 4.86. The summed E-state index contributed by atoms with van der Waals surface area (Å²) in [5, 5.41) is 14.2. The summed E-state index contributed by atoms with van der Waals surface area (Å²) in [6.07, 6.45) is 0. The fourth-order valence-corrected chi connectivity index (χ4v) is 3.12. The van der Waals surface area contributed by atoms with Crippen LogP contribution in [-0.2, 0) is 11.3 Å². The van der Waals surface area contributed by atoms with Crippen molar-refractivity contribution in [1.82, 2.24) is 15.5 Å². The van der Waals surface area contributed by atoms with E-state index in [1.54, 1.807) is 43.5 Å². The number of hydrogen-bond donors (Lipinski definition) is 2. The quantitative estimate of drug-likeness (QED) is 0.556. The number of ether oxygens (including phenoxy) is 1. The van der Waals surface area contributed by atoms with Gasteiger partial charge in [0.05, 0.1) is 12.9 Å². The molecule has 0 fully saturated rings. The lowest BCUT2D eigenvalue weighted by Gasteiger charge is -2.09. The zero-order chi connectivity index (χ0) is 20.5. The number of nitrogens with one attached hydrogen (secondary N) is 2. The minimum absolute atomic E-state index is 0.121. The Morgan fingerprint density at radius 3 is 2.45 bits per heavy atom. The van der Waals surface area contributed by atoms with Crippen LogP contribution in [0.4, 0.5) is 5.82 Å². The van der Waals surface area contributed by atoms with Crippen LogP contribution in [-0.4, -0.2) is 34.9 Å². The second kappa shape index (κ2) is 10.2. The second-order valence-electron chi connectivity index (χ2n) is 5.95. The number of methoxy groups -OCH3 is 1. The molecule has 0 atom stereocenters. The molecule has 0 saturated carbocycles. The van der Waals surface area contributed by atoms with Crippen LogP contribution in [0.5, 0.6) is 5.75 Å². The molecule has 0 bridgehead atoms. The largest absolute Gasteiger partial charge is 0.496 e. The van der Waals surface area contributed by atoms with Gasteiger partial charge >= 0.3 is 0 Å². The fourth-order valence-electron chi connectivity index (χ4n) is 2.48. The van der Waals surface area contributed by atoms with E-state index < -0.39 is 0 Å². The number of carbonyl (C=O) groups excluding carboxylic acids is 2. The maximum absolute atomic E-state index is 12.1. The minimum Gasteiger partial charge on any atom is -0.496 e. The Balaban J connectivity index is 1.46. The Labute approximate surface area is 172 Å². The first-order valence-corrected chi connectivity index (χ1v) is 9.86. The third-order valence-electron chi connectivity index (χ3n) is 3.94. The van der Waals surface area contributed by atoms with Gasteiger partial charge in [-0.25, -0.2) is 0 Å². The molecule has 0 saturated heterocycles. The van der Waals surface area contributed by atoms with E-state index in [2.05, 4.69) is 20.8 Å². The first-order chi connectivity index (χ1) is 14.2. The summed E-state index contributed by atoms with van der Waals surface area (Å²) in [4.78, 5) is 24.2. The van der Waals surface area contributed by atoms with E-state index in [4.69, 9.17) is 4.74 Å². The molecular weight excluding hydrogens is 388 g/mol. The molecule has 2 amide bonds. The first-order valence-electron chi connectivity index (χ1n) is 8.87. The van der Waals surface area contributed by atoms with E-state index in [0.29, 0.717) is 23.0 Å². The van der Waals surface area contributed by atoms with Crippen molar-refractivity contribution < 1.29 is 14.3 Å². The highest BCUT2D eigenvalue weighted by Crippen LogP contribution is 2.18. The van der Waals surface area contributed by atoms with Crippen molar-refractivity contribution in [2.24, 2.45) is 0 Å². The van der Waals surface area contributed by atoms with Gasteiger partial charge in [0.1, 0.15) is 10.8 Å². The molecule has 0 spiro atoms. The van der Waals surface area contributed by atoms with Crippen molar-refractivity contribution in [1.29, 1.82) is 0 Å². The van der Waals surface area contributed by atoms with Crippen LogP contribution in [0.2, 0.25) is 0 Å². The smallest absolute Gasteiger partial charge is 0.256 e. The normalized spacial score (nSPS) is 10.2. The lowest BCUT2D eigenvalue weighted by atomic mass is 10.2. The summed E-state index contributed by atoms with van der Waals surface area (Å²) < 4.78 is 5.27. The van der Waals surface area contributed by atoms with Crippen LogP contribution >= 0.6 is 11.8 Å². The second-order valence-corrected chi connectivity index (χ2v) is 6.95. The highest BCUT2D eigenvalue weighted by Gasteiger charge is 2.09. The number of rotatable bonds is 8. The SMILES string of the molecule is COc1ccccc1CNC(=O)CSc1ccc(NC(=O)c2ccccc2)nn1. The van der Waals surface area contributed by atoms with Gasteiger partial charge in [-0.3, -0.25) is 9.59 Å². The van der Waals surface area contributed by atoms with Crippen LogP contribution in [0.1, 0.15) is 15.9 Å². The molecule has 1 heterocycles. The molecule has 0 radical (unpaired) electrons. The number of carbonyl (C=O) groups is 2. The summed E-state index contributed by atoms with van der Waals surface area (Å²) in [5.74, 6) is 0.919. The zero-order valence-corrected chi connectivity index (χ0v) is 16.6. The number of anilines is 1. The molecule has 0 unspecified atom stereocenters. The van der Waals surface area contributed by atoms with Gasteiger partial charge in [-0.05, 0) is 30.3 Å². The van der Waals surface area contributed by atoms with Crippen molar-refractivity contribution in [3.63, 3.8) is 0 Å². The number of aromatic nitrogens is 2. The molecular formula is C21H20N4O3S. The molecule has 3 rings (SSSR count). The number of benzene rings is 2. The summed E-state index contributed by atoms with van der Waals surface area (Å²) in [5.41, 5.74) is 1.45. The molecule has 2 N–H and O–H groups in total. The molecule has 3 aromatic rings. The van der Waals surface area contributed by atoms with Crippen LogP contribution in [0, 0.1) is 0 Å². The van der Waals surface area contributed by atoms with Gasteiger partial charge in [-0.1, -0.05) is 48.2 Å². The predicted octanol–water partition coefficient (Wildman–Crippen LogP) is 3.15. The topological polar surface area (TPSA) is 93.2 Å². The molecule has 0 aliphatic carbocycles. The van der Waals surface area contributed by atoms with Gasteiger partial charge in [-0.15, -0.1) is 10.2 Å². The molecule has 7 nitrogen and oxygen atoms in total. The monoisotopic (exact) mass is 408 g/mol. The number of para-hydroxylation sites is 1. The molecule has 148 valence electrons. The van der Waals surface area contributed by atoms with Crippen molar-refractivity contribution >= 4 is 29.4 Å². The maximum atomic E-state index is 12.1. The molecule has 1 aromatic heterocycles. The van der Waals surface area contributed by atoms with Crippen molar-refractivity contribution in [3.05, 3.63) is 77.9 Å². The average Bonchev–Trinajstić information content (AvgIpc) is 2.78. The standard InChI is InChI=1S/C21H20N4O3S/c1-28-17-10-6-5-9-16(17)13-22-19(26)14-29-20-12-11-18(24-25-20)23-21(27)15-7-3-2-4-8-15/h2-12H,13-14H2,1H3,(H,22,26)(H,23,24,27). The number of hydrogen-bond acceptors (Lipinski definition) is 6. The molecule has 2 aromatic carbocycles. The molecule has 0 aliphatic heterocycles. The van der Waals surface area contributed by atoms with Gasteiger partial charge in [-0.2, -0.15) is 0 Å². The average molecular weight is 408 g/mol. The van der Waals surface area contributed by atoms with Gasteiger partial charge in [0.15, 0.2) is 5.82 Å². The Morgan fingerprint density at radius 1 is 0.966 bits per heavy atom. The summed E-state index contributed by atoms with van der Waals surface area (Å²) in [7, 11) is 1.60. The molecule has 8 heteroatoms. The first kappa shape index (κ1) is 20.3. The van der Waals surface area contributed by atoms with E-state index in [-0.39, 0.29) is 17.6 Å². The third kappa shape index (κ3) is 6.05. The van der Waals surface area contributed by atoms with Crippen molar-refractivity contribution in [2.45, 2.75) is 11.6 Å². The number of amides is 2. The van der Waals surface area contributed by atoms with E-state index >= 15 is 0 Å². The van der Waals surface area contributed by atoms with Crippen LogP contribution < -0.4 is 15.4 Å². The van der Waals surface area contributed by atoms with Crippen molar-refractivity contribution in [2.75, 3.05) is 18.2 Å². The van der Waals surface area contributed by atoms with E-state index in [9.17, 15) is 9.59 Å². The fraction of sp³-hybridized carbons (Fsp3) is 0.143. The molecule has 29 heavy (non-hydrogen) atoms. The maximum Gasteiger partial charge on any atom is 0.256 e. The van der Waals surface area contributed by atoms with Crippen LogP contribution in [0.15, 0.2) is 71.8 Å². The van der Waals surface area contributed by atoms with Gasteiger partial charge < -0.3 is 15.4 Å². The molecule has 0 aliphatic rings. The zero-order valence-electron chi connectivity index (χ0n) is 15.8. The van der Waals surface area contributed by atoms with Gasteiger partial charge in [0, 0.05) is 17.7 Å². The lowest BCUT2D eigenvalue weighted by molar-refractivity contribution is -0.118.